The fourth-order valence-electron chi connectivity index (χ4n) is 2.48. The Balaban J connectivity index is 3.23. The Labute approximate surface area is 130 Å². The van der Waals surface area contributed by atoms with Crippen LogP contribution in [0.5, 0.6) is 0 Å². The van der Waals surface area contributed by atoms with Crippen molar-refractivity contribution >= 4 is 5.97 Å². The summed E-state index contributed by atoms with van der Waals surface area (Å²) >= 11 is 0. The molecule has 0 aliphatic rings. The lowest BCUT2D eigenvalue weighted by Crippen LogP contribution is -2.05. The molecule has 0 aliphatic heterocycles. The normalized spacial score (nSPS) is 12.9. The van der Waals surface area contributed by atoms with Gasteiger partial charge < -0.3 is 10.2 Å². The number of hydrogen-bond acceptors (Lipinski definition) is 2. The molecule has 0 saturated carbocycles. The molecule has 1 unspecified atom stereocenters. The molecule has 124 valence electrons. The van der Waals surface area contributed by atoms with Crippen molar-refractivity contribution in [2.75, 3.05) is 0 Å². The van der Waals surface area contributed by atoms with Gasteiger partial charge in [0.2, 0.25) is 0 Å². The molecule has 0 bridgehead atoms. The van der Waals surface area contributed by atoms with Crippen molar-refractivity contribution in [1.82, 2.24) is 0 Å². The van der Waals surface area contributed by atoms with E-state index in [2.05, 4.69) is 6.92 Å². The Hall–Kier alpha value is -0.830. The van der Waals surface area contributed by atoms with Gasteiger partial charge in [0.1, 0.15) is 0 Å². The maximum absolute atomic E-state index is 10.3. The van der Waals surface area contributed by atoms with Crippen LogP contribution in [-0.4, -0.2) is 22.3 Å². The zero-order valence-electron chi connectivity index (χ0n) is 13.7. The van der Waals surface area contributed by atoms with Crippen LogP contribution in [-0.2, 0) is 4.79 Å². The standard InChI is InChI=1S/C18H34O3/c1-2-3-4-5-6-8-11-14-17(19)15-12-9-7-10-13-16-18(20)21/h13,16-17,19H,2-12,14-15H2,1H3,(H,20,21)/b16-13+. The van der Waals surface area contributed by atoms with E-state index in [1.165, 1.54) is 44.6 Å². The lowest BCUT2D eigenvalue weighted by atomic mass is 10.0. The van der Waals surface area contributed by atoms with Gasteiger partial charge in [0, 0.05) is 6.08 Å². The van der Waals surface area contributed by atoms with E-state index in [9.17, 15) is 9.90 Å². The summed E-state index contributed by atoms with van der Waals surface area (Å²) in [5.41, 5.74) is 0. The first-order valence-electron chi connectivity index (χ1n) is 8.74. The molecule has 0 saturated heterocycles. The monoisotopic (exact) mass is 298 g/mol. The summed E-state index contributed by atoms with van der Waals surface area (Å²) in [6, 6.07) is 0. The Morgan fingerprint density at radius 1 is 0.905 bits per heavy atom. The van der Waals surface area contributed by atoms with Gasteiger partial charge in [0.25, 0.3) is 0 Å². The quantitative estimate of drug-likeness (QED) is 0.327. The van der Waals surface area contributed by atoms with Gasteiger partial charge in [-0.3, -0.25) is 0 Å². The minimum Gasteiger partial charge on any atom is -0.478 e. The maximum atomic E-state index is 10.3. The van der Waals surface area contributed by atoms with Crippen LogP contribution in [0.15, 0.2) is 12.2 Å². The Bertz CT molecular complexity index is 261. The van der Waals surface area contributed by atoms with Crippen LogP contribution in [0.3, 0.4) is 0 Å². The van der Waals surface area contributed by atoms with E-state index < -0.39 is 5.97 Å². The van der Waals surface area contributed by atoms with E-state index >= 15 is 0 Å². The molecule has 0 aromatic heterocycles. The number of unbranched alkanes of at least 4 members (excludes halogenated alkanes) is 9. The molecule has 2 N–H and O–H groups in total. The first kappa shape index (κ1) is 20.2. The zero-order valence-corrected chi connectivity index (χ0v) is 13.7. The molecule has 0 radical (unpaired) electrons. The molecule has 0 heterocycles. The topological polar surface area (TPSA) is 57.5 Å². The van der Waals surface area contributed by atoms with Gasteiger partial charge in [-0.25, -0.2) is 4.79 Å². The van der Waals surface area contributed by atoms with Crippen LogP contribution in [0.25, 0.3) is 0 Å². The predicted molar refractivity (Wildman–Crippen MR) is 88.5 cm³/mol. The smallest absolute Gasteiger partial charge is 0.327 e. The molecule has 0 aromatic rings. The lowest BCUT2D eigenvalue weighted by Gasteiger charge is -2.10. The number of hydrogen-bond donors (Lipinski definition) is 2. The third kappa shape index (κ3) is 17.1. The number of carboxylic acids is 1. The van der Waals surface area contributed by atoms with Crippen molar-refractivity contribution in [2.45, 2.75) is 96.5 Å². The summed E-state index contributed by atoms with van der Waals surface area (Å²) in [6.07, 6.45) is 17.6. The average Bonchev–Trinajstić information content (AvgIpc) is 2.45. The second-order valence-electron chi connectivity index (χ2n) is 5.94. The molecule has 0 fully saturated rings. The molecule has 0 aliphatic carbocycles. The van der Waals surface area contributed by atoms with Crippen LogP contribution in [0.2, 0.25) is 0 Å². The number of aliphatic carboxylic acids is 1. The van der Waals surface area contributed by atoms with Gasteiger partial charge >= 0.3 is 5.97 Å². The molecule has 0 aromatic carbocycles. The Kier molecular flexibility index (Phi) is 14.9. The molecule has 0 amide bonds. The van der Waals surface area contributed by atoms with E-state index in [-0.39, 0.29) is 6.10 Å². The molecular weight excluding hydrogens is 264 g/mol. The van der Waals surface area contributed by atoms with E-state index in [0.717, 1.165) is 44.9 Å². The van der Waals surface area contributed by atoms with Crippen molar-refractivity contribution in [3.63, 3.8) is 0 Å². The summed E-state index contributed by atoms with van der Waals surface area (Å²) in [6.45, 7) is 2.23. The highest BCUT2D eigenvalue weighted by Crippen LogP contribution is 2.13. The van der Waals surface area contributed by atoms with Crippen LogP contribution < -0.4 is 0 Å². The second kappa shape index (κ2) is 15.6. The first-order chi connectivity index (χ1) is 10.2. The van der Waals surface area contributed by atoms with Gasteiger partial charge in [-0.2, -0.15) is 0 Å². The second-order valence-corrected chi connectivity index (χ2v) is 5.94. The largest absolute Gasteiger partial charge is 0.478 e. The first-order valence-corrected chi connectivity index (χ1v) is 8.74. The highest BCUT2D eigenvalue weighted by Gasteiger charge is 2.03. The molecule has 3 nitrogen and oxygen atoms in total. The molecule has 21 heavy (non-hydrogen) atoms. The van der Waals surface area contributed by atoms with Crippen molar-refractivity contribution in [3.8, 4) is 0 Å². The fourth-order valence-corrected chi connectivity index (χ4v) is 2.48. The fraction of sp³-hybridized carbons (Fsp3) is 0.833. The minimum atomic E-state index is -0.875. The summed E-state index contributed by atoms with van der Waals surface area (Å²) < 4.78 is 0. The summed E-state index contributed by atoms with van der Waals surface area (Å²) in [7, 11) is 0. The van der Waals surface area contributed by atoms with Gasteiger partial charge in [-0.1, -0.05) is 70.8 Å². The average molecular weight is 298 g/mol. The number of aliphatic hydroxyl groups is 1. The van der Waals surface area contributed by atoms with E-state index in [1.807, 2.05) is 0 Å². The maximum Gasteiger partial charge on any atom is 0.327 e. The molecule has 0 rings (SSSR count). The van der Waals surface area contributed by atoms with Crippen LogP contribution in [0.1, 0.15) is 90.4 Å². The van der Waals surface area contributed by atoms with Gasteiger partial charge in [-0.15, -0.1) is 0 Å². The number of allylic oxidation sites excluding steroid dienone is 1. The Morgan fingerprint density at radius 2 is 1.43 bits per heavy atom. The summed E-state index contributed by atoms with van der Waals surface area (Å²) in [4.78, 5) is 10.3. The number of carbonyl (C=O) groups is 1. The van der Waals surface area contributed by atoms with Crippen LogP contribution in [0, 0.1) is 0 Å². The van der Waals surface area contributed by atoms with Gasteiger partial charge in [0.15, 0.2) is 0 Å². The van der Waals surface area contributed by atoms with Crippen molar-refractivity contribution in [3.05, 3.63) is 12.2 Å². The van der Waals surface area contributed by atoms with Crippen molar-refractivity contribution in [1.29, 1.82) is 0 Å². The zero-order chi connectivity index (χ0) is 15.8. The lowest BCUT2D eigenvalue weighted by molar-refractivity contribution is -0.131. The van der Waals surface area contributed by atoms with Crippen molar-refractivity contribution < 1.29 is 15.0 Å². The molecular formula is C18H34O3. The highest BCUT2D eigenvalue weighted by atomic mass is 16.4. The van der Waals surface area contributed by atoms with Gasteiger partial charge in [-0.05, 0) is 25.7 Å². The third-order valence-electron chi connectivity index (χ3n) is 3.81. The van der Waals surface area contributed by atoms with E-state index in [4.69, 9.17) is 5.11 Å². The van der Waals surface area contributed by atoms with Gasteiger partial charge in [0.05, 0.1) is 6.10 Å². The Morgan fingerprint density at radius 3 is 2.00 bits per heavy atom. The number of carboxylic acid groups (broad SMARTS) is 1. The molecule has 3 heteroatoms. The highest BCUT2D eigenvalue weighted by molar-refractivity contribution is 5.79. The summed E-state index contributed by atoms with van der Waals surface area (Å²) in [5, 5.41) is 18.3. The SMILES string of the molecule is CCCCCCCCCC(O)CCCCC/C=C/C(=O)O. The predicted octanol–water partition coefficient (Wildman–Crippen LogP) is 5.08. The number of aliphatic hydroxyl groups excluding tert-OH is 1. The third-order valence-corrected chi connectivity index (χ3v) is 3.81. The van der Waals surface area contributed by atoms with Crippen molar-refractivity contribution in [2.24, 2.45) is 0 Å². The summed E-state index contributed by atoms with van der Waals surface area (Å²) in [5.74, 6) is -0.875. The number of rotatable bonds is 15. The minimum absolute atomic E-state index is 0.143. The molecule has 1 atom stereocenters. The molecule has 0 spiro atoms. The van der Waals surface area contributed by atoms with Crippen LogP contribution >= 0.6 is 0 Å². The van der Waals surface area contributed by atoms with E-state index in [1.54, 1.807) is 6.08 Å². The van der Waals surface area contributed by atoms with Crippen LogP contribution in [0.4, 0.5) is 0 Å². The van der Waals surface area contributed by atoms with E-state index in [0.29, 0.717) is 0 Å².